The van der Waals surface area contributed by atoms with E-state index >= 15 is 0 Å². The number of carbonyl (C=O) groups excluding carboxylic acids is 2. The lowest BCUT2D eigenvalue weighted by atomic mass is 10.1. The highest BCUT2D eigenvalue weighted by Crippen LogP contribution is 2.49. The van der Waals surface area contributed by atoms with Crippen molar-refractivity contribution in [1.29, 1.82) is 0 Å². The summed E-state index contributed by atoms with van der Waals surface area (Å²) in [6, 6.07) is 3.33. The fourth-order valence-electron chi connectivity index (χ4n) is 2.21. The Kier molecular flexibility index (Phi) is 3.29. The van der Waals surface area contributed by atoms with Crippen molar-refractivity contribution in [3.05, 3.63) is 29.0 Å². The lowest BCUT2D eigenvalue weighted by molar-refractivity contribution is -0.121. The summed E-state index contributed by atoms with van der Waals surface area (Å²) >= 11 is 5.87. The van der Waals surface area contributed by atoms with Gasteiger partial charge in [-0.2, -0.15) is 0 Å². The molecular formula is C14H9ClFNO5. The number of amides is 2. The van der Waals surface area contributed by atoms with Crippen molar-refractivity contribution >= 4 is 29.3 Å². The minimum Gasteiger partial charge on any atom is -0.502 e. The summed E-state index contributed by atoms with van der Waals surface area (Å²) in [5.41, 5.74) is 0.112. The summed E-state index contributed by atoms with van der Waals surface area (Å²) in [6.07, 6.45) is -0.0151. The molecule has 0 spiro atoms. The van der Waals surface area contributed by atoms with Gasteiger partial charge in [-0.15, -0.1) is 0 Å². The lowest BCUT2D eigenvalue weighted by Crippen LogP contribution is -2.28. The van der Waals surface area contributed by atoms with E-state index in [1.807, 2.05) is 0 Å². The molecule has 1 aromatic heterocycles. The second kappa shape index (κ2) is 5.03. The van der Waals surface area contributed by atoms with Crippen molar-refractivity contribution < 1.29 is 28.6 Å². The van der Waals surface area contributed by atoms with E-state index in [-0.39, 0.29) is 29.2 Å². The summed E-state index contributed by atoms with van der Waals surface area (Å²) < 4.78 is 18.3. The Hall–Kier alpha value is -2.54. The molecule has 6 nitrogen and oxygen atoms in total. The van der Waals surface area contributed by atoms with Crippen molar-refractivity contribution in [3.8, 4) is 22.8 Å². The topological polar surface area (TPSA) is 91.0 Å². The van der Waals surface area contributed by atoms with Gasteiger partial charge in [0.1, 0.15) is 5.82 Å². The highest BCUT2D eigenvalue weighted by molar-refractivity contribution is 6.33. The van der Waals surface area contributed by atoms with Crippen molar-refractivity contribution in [2.24, 2.45) is 0 Å². The van der Waals surface area contributed by atoms with Crippen LogP contribution in [0.25, 0.3) is 11.3 Å². The van der Waals surface area contributed by atoms with Gasteiger partial charge in [0, 0.05) is 18.4 Å². The standard InChI is InChI=1S/C14H9ClFNO5/c15-8-5-6(16)1-2-7(8)13-11(20)12(21)14(22-13)17-9(18)3-4-10(17)19/h1-2,5,20-21H,3-4H2. The molecule has 0 radical (unpaired) electrons. The van der Waals surface area contributed by atoms with Crippen molar-refractivity contribution in [1.82, 2.24) is 0 Å². The number of rotatable bonds is 2. The average Bonchev–Trinajstić information content (AvgIpc) is 2.93. The summed E-state index contributed by atoms with van der Waals surface area (Å²) in [5, 5.41) is 19.8. The van der Waals surface area contributed by atoms with Gasteiger partial charge in [-0.05, 0) is 18.2 Å². The van der Waals surface area contributed by atoms with Crippen LogP contribution < -0.4 is 4.90 Å². The number of aromatic hydroxyl groups is 2. The van der Waals surface area contributed by atoms with E-state index in [4.69, 9.17) is 16.0 Å². The molecule has 1 aliphatic heterocycles. The number of anilines is 1. The van der Waals surface area contributed by atoms with E-state index in [1.54, 1.807) is 0 Å². The Bertz CT molecular complexity index is 785. The molecule has 114 valence electrons. The normalized spacial score (nSPS) is 14.9. The van der Waals surface area contributed by atoms with E-state index in [2.05, 4.69) is 0 Å². The summed E-state index contributed by atoms with van der Waals surface area (Å²) in [5.74, 6) is -3.86. The Balaban J connectivity index is 2.14. The largest absolute Gasteiger partial charge is 0.502 e. The van der Waals surface area contributed by atoms with Crippen molar-refractivity contribution in [2.45, 2.75) is 12.8 Å². The Morgan fingerprint density at radius 2 is 1.77 bits per heavy atom. The molecule has 0 unspecified atom stereocenters. The minimum absolute atomic E-state index is 0.00757. The molecule has 1 aromatic carbocycles. The molecule has 0 saturated carbocycles. The molecule has 8 heteroatoms. The van der Waals surface area contributed by atoms with E-state index in [1.165, 1.54) is 6.07 Å². The predicted molar refractivity (Wildman–Crippen MR) is 74.2 cm³/mol. The van der Waals surface area contributed by atoms with E-state index in [0.29, 0.717) is 4.90 Å². The van der Waals surface area contributed by atoms with Gasteiger partial charge in [-0.1, -0.05) is 11.6 Å². The molecule has 0 aliphatic carbocycles. The molecule has 2 heterocycles. The van der Waals surface area contributed by atoms with E-state index in [0.717, 1.165) is 12.1 Å². The van der Waals surface area contributed by atoms with Crippen LogP contribution in [-0.2, 0) is 9.59 Å². The van der Waals surface area contributed by atoms with Gasteiger partial charge in [0.05, 0.1) is 5.02 Å². The fraction of sp³-hybridized carbons (Fsp3) is 0.143. The molecule has 0 bridgehead atoms. The van der Waals surface area contributed by atoms with Crippen LogP contribution in [0.1, 0.15) is 12.8 Å². The first-order valence-corrected chi connectivity index (χ1v) is 6.64. The van der Waals surface area contributed by atoms with Crippen molar-refractivity contribution in [2.75, 3.05) is 4.90 Å². The van der Waals surface area contributed by atoms with Gasteiger partial charge in [0.25, 0.3) is 5.88 Å². The summed E-state index contributed by atoms with van der Waals surface area (Å²) in [7, 11) is 0. The van der Waals surface area contributed by atoms with Crippen LogP contribution in [0.5, 0.6) is 11.5 Å². The quantitative estimate of drug-likeness (QED) is 0.828. The Morgan fingerprint density at radius 3 is 2.36 bits per heavy atom. The van der Waals surface area contributed by atoms with Crippen LogP contribution in [0.4, 0.5) is 10.3 Å². The number of halogens is 2. The molecule has 3 rings (SSSR count). The summed E-state index contributed by atoms with van der Waals surface area (Å²) in [4.78, 5) is 24.0. The molecule has 22 heavy (non-hydrogen) atoms. The molecule has 2 aromatic rings. The monoisotopic (exact) mass is 325 g/mol. The van der Waals surface area contributed by atoms with Crippen LogP contribution >= 0.6 is 11.6 Å². The SMILES string of the molecule is O=C1CCC(=O)N1c1oc(-c2ccc(F)cc2Cl)c(O)c1O. The fourth-order valence-corrected chi connectivity index (χ4v) is 2.47. The van der Waals surface area contributed by atoms with Gasteiger partial charge in [0.2, 0.25) is 23.3 Å². The van der Waals surface area contributed by atoms with Crippen LogP contribution in [0.3, 0.4) is 0 Å². The molecule has 0 atom stereocenters. The van der Waals surface area contributed by atoms with Gasteiger partial charge in [-0.25, -0.2) is 9.29 Å². The van der Waals surface area contributed by atoms with E-state index in [9.17, 15) is 24.2 Å². The molecule has 2 amide bonds. The molecule has 2 N–H and O–H groups in total. The first kappa shape index (κ1) is 14.4. The highest BCUT2D eigenvalue weighted by Gasteiger charge is 2.37. The molecule has 1 saturated heterocycles. The van der Waals surface area contributed by atoms with Crippen LogP contribution in [0.2, 0.25) is 5.02 Å². The zero-order valence-corrected chi connectivity index (χ0v) is 11.7. The number of nitrogens with zero attached hydrogens (tertiary/aromatic N) is 1. The third kappa shape index (κ3) is 2.10. The first-order valence-electron chi connectivity index (χ1n) is 6.26. The summed E-state index contributed by atoms with van der Waals surface area (Å²) in [6.45, 7) is 0. The van der Waals surface area contributed by atoms with E-state index < -0.39 is 35.0 Å². The third-order valence-corrected chi connectivity index (χ3v) is 3.58. The molecular weight excluding hydrogens is 317 g/mol. The van der Waals surface area contributed by atoms with Gasteiger partial charge >= 0.3 is 0 Å². The van der Waals surface area contributed by atoms with Crippen LogP contribution in [0, 0.1) is 5.82 Å². The third-order valence-electron chi connectivity index (χ3n) is 3.27. The maximum absolute atomic E-state index is 13.1. The number of hydrogen-bond acceptors (Lipinski definition) is 5. The second-order valence-corrected chi connectivity index (χ2v) is 5.09. The highest BCUT2D eigenvalue weighted by atomic mass is 35.5. The van der Waals surface area contributed by atoms with Crippen molar-refractivity contribution in [3.63, 3.8) is 0 Å². The number of furan rings is 1. The van der Waals surface area contributed by atoms with Crippen LogP contribution in [-0.4, -0.2) is 22.0 Å². The van der Waals surface area contributed by atoms with Gasteiger partial charge < -0.3 is 14.6 Å². The maximum Gasteiger partial charge on any atom is 0.256 e. The Morgan fingerprint density at radius 1 is 1.14 bits per heavy atom. The predicted octanol–water partition coefficient (Wildman–Crippen LogP) is 2.80. The smallest absolute Gasteiger partial charge is 0.256 e. The maximum atomic E-state index is 13.1. The molecule has 1 fully saturated rings. The number of benzene rings is 1. The second-order valence-electron chi connectivity index (χ2n) is 4.68. The number of carbonyl (C=O) groups is 2. The average molecular weight is 326 g/mol. The van der Waals surface area contributed by atoms with Crippen LogP contribution in [0.15, 0.2) is 22.6 Å². The first-order chi connectivity index (χ1) is 10.4. The number of hydrogen-bond donors (Lipinski definition) is 2. The lowest BCUT2D eigenvalue weighted by Gasteiger charge is -2.09. The van der Waals surface area contributed by atoms with Gasteiger partial charge in [-0.3, -0.25) is 9.59 Å². The zero-order valence-electron chi connectivity index (χ0n) is 11.0. The minimum atomic E-state index is -0.751. The molecule has 1 aliphatic rings. The Labute approximate surface area is 128 Å². The zero-order chi connectivity index (χ0) is 16.0. The number of imide groups is 1. The van der Waals surface area contributed by atoms with Gasteiger partial charge in [0.15, 0.2) is 5.76 Å².